The van der Waals surface area contributed by atoms with E-state index in [0.717, 1.165) is 5.38 Å². The molecule has 15 heavy (non-hydrogen) atoms. The molecule has 0 saturated carbocycles. The third-order valence-electron chi connectivity index (χ3n) is 1.76. The molecule has 0 bridgehead atoms. The molecule has 0 saturated heterocycles. The lowest BCUT2D eigenvalue weighted by atomic mass is 10.2. The molecule has 1 N–H and O–H groups in total. The highest BCUT2D eigenvalue weighted by Crippen LogP contribution is 2.41. The van der Waals surface area contributed by atoms with E-state index in [1.54, 1.807) is 0 Å². The first-order valence-corrected chi connectivity index (χ1v) is 4.72. The second kappa shape index (κ2) is 3.34. The van der Waals surface area contributed by atoms with Gasteiger partial charge in [0.2, 0.25) is 0 Å². The summed E-state index contributed by atoms with van der Waals surface area (Å²) in [4.78, 5) is -0.207. The average Bonchev–Trinajstić information content (AvgIpc) is 2.68. The first-order chi connectivity index (χ1) is 7.00. The van der Waals surface area contributed by atoms with Crippen LogP contribution in [0.2, 0.25) is 0 Å². The van der Waals surface area contributed by atoms with E-state index in [0.29, 0.717) is 11.3 Å². The molecule has 0 aromatic carbocycles. The quantitative estimate of drug-likeness (QED) is 0.756. The van der Waals surface area contributed by atoms with Crippen LogP contribution in [0.15, 0.2) is 17.6 Å². The monoisotopic (exact) mass is 236 g/mol. The van der Waals surface area contributed by atoms with Crippen molar-refractivity contribution in [1.29, 1.82) is 0 Å². The van der Waals surface area contributed by atoms with Crippen molar-refractivity contribution in [3.05, 3.63) is 29.0 Å². The predicted molar refractivity (Wildman–Crippen MR) is 46.9 cm³/mol. The van der Waals surface area contributed by atoms with Crippen LogP contribution in [0, 0.1) is 5.82 Å². The zero-order valence-corrected chi connectivity index (χ0v) is 7.92. The lowest BCUT2D eigenvalue weighted by molar-refractivity contribution is -0.139. The largest absolute Gasteiger partial charge is 0.420 e. The Morgan fingerprint density at radius 2 is 2.07 bits per heavy atom. The van der Waals surface area contributed by atoms with Crippen LogP contribution in [0.4, 0.5) is 17.6 Å². The molecule has 0 unspecified atom stereocenters. The van der Waals surface area contributed by atoms with E-state index >= 15 is 0 Å². The van der Waals surface area contributed by atoms with Gasteiger partial charge >= 0.3 is 6.18 Å². The number of rotatable bonds is 1. The van der Waals surface area contributed by atoms with E-state index in [4.69, 9.17) is 0 Å². The van der Waals surface area contributed by atoms with Crippen molar-refractivity contribution in [3.8, 4) is 10.6 Å². The maximum absolute atomic E-state index is 13.0. The average molecular weight is 236 g/mol. The number of aromatic amines is 1. The minimum Gasteiger partial charge on any atom is -0.285 e. The van der Waals surface area contributed by atoms with Gasteiger partial charge < -0.3 is 0 Å². The zero-order chi connectivity index (χ0) is 11.1. The van der Waals surface area contributed by atoms with Crippen molar-refractivity contribution in [1.82, 2.24) is 10.2 Å². The molecule has 0 spiro atoms. The first-order valence-electron chi connectivity index (χ1n) is 3.84. The van der Waals surface area contributed by atoms with Crippen molar-refractivity contribution in [2.24, 2.45) is 0 Å². The first kappa shape index (κ1) is 10.2. The summed E-state index contributed by atoms with van der Waals surface area (Å²) in [5, 5.41) is 6.80. The van der Waals surface area contributed by atoms with Gasteiger partial charge in [-0.1, -0.05) is 0 Å². The van der Waals surface area contributed by atoms with Gasteiger partial charge in [0, 0.05) is 11.6 Å². The Balaban J connectivity index is 2.59. The normalized spacial score (nSPS) is 12.0. The van der Waals surface area contributed by atoms with Gasteiger partial charge in [-0.15, -0.1) is 11.3 Å². The summed E-state index contributed by atoms with van der Waals surface area (Å²) in [7, 11) is 0. The van der Waals surface area contributed by atoms with Crippen LogP contribution in [0.1, 0.15) is 5.56 Å². The van der Waals surface area contributed by atoms with E-state index < -0.39 is 17.6 Å². The van der Waals surface area contributed by atoms with Crippen LogP contribution in [0.5, 0.6) is 0 Å². The standard InChI is InChI=1S/C8H4F4N2S/c9-4-3-15-7(5-1-2-13-14-5)6(4)8(10,11)12/h1-3H,(H,13,14). The number of alkyl halides is 3. The van der Waals surface area contributed by atoms with Crippen molar-refractivity contribution >= 4 is 11.3 Å². The Kier molecular flexibility index (Phi) is 2.26. The van der Waals surface area contributed by atoms with Crippen LogP contribution in [-0.2, 0) is 6.18 Å². The smallest absolute Gasteiger partial charge is 0.285 e. The Morgan fingerprint density at radius 3 is 2.60 bits per heavy atom. The second-order valence-electron chi connectivity index (χ2n) is 2.74. The van der Waals surface area contributed by atoms with E-state index in [9.17, 15) is 17.6 Å². The minimum absolute atomic E-state index is 0.0937. The van der Waals surface area contributed by atoms with Crippen molar-refractivity contribution in [3.63, 3.8) is 0 Å². The maximum Gasteiger partial charge on any atom is 0.420 e. The summed E-state index contributed by atoms with van der Waals surface area (Å²) in [5.74, 6) is -1.26. The van der Waals surface area contributed by atoms with Crippen molar-refractivity contribution < 1.29 is 17.6 Å². The van der Waals surface area contributed by atoms with Crippen LogP contribution in [-0.4, -0.2) is 10.2 Å². The highest BCUT2D eigenvalue weighted by Gasteiger charge is 2.38. The number of hydrogen-bond acceptors (Lipinski definition) is 2. The van der Waals surface area contributed by atoms with E-state index in [1.165, 1.54) is 12.3 Å². The molecular formula is C8H4F4N2S. The van der Waals surface area contributed by atoms with Gasteiger partial charge in [0.15, 0.2) is 0 Å². The number of hydrogen-bond donors (Lipinski definition) is 1. The predicted octanol–water partition coefficient (Wildman–Crippen LogP) is 3.30. The van der Waals surface area contributed by atoms with Gasteiger partial charge in [-0.25, -0.2) is 4.39 Å². The maximum atomic E-state index is 13.0. The summed E-state index contributed by atoms with van der Waals surface area (Å²) >= 11 is 0.683. The molecule has 0 atom stereocenters. The third-order valence-corrected chi connectivity index (χ3v) is 2.74. The third kappa shape index (κ3) is 1.74. The molecule has 0 fully saturated rings. The minimum atomic E-state index is -4.70. The molecule has 2 nitrogen and oxygen atoms in total. The number of halogens is 4. The second-order valence-corrected chi connectivity index (χ2v) is 3.62. The summed E-state index contributed by atoms with van der Waals surface area (Å²) in [6.45, 7) is 0. The van der Waals surface area contributed by atoms with Crippen molar-refractivity contribution in [2.45, 2.75) is 6.18 Å². The highest BCUT2D eigenvalue weighted by atomic mass is 32.1. The Bertz CT molecular complexity index is 457. The Morgan fingerprint density at radius 1 is 1.33 bits per heavy atom. The summed E-state index contributed by atoms with van der Waals surface area (Å²) < 4.78 is 50.3. The van der Waals surface area contributed by atoms with Crippen LogP contribution in [0.3, 0.4) is 0 Å². The molecule has 0 aliphatic carbocycles. The fraction of sp³-hybridized carbons (Fsp3) is 0.125. The molecule has 0 amide bonds. The molecule has 2 aromatic rings. The van der Waals surface area contributed by atoms with Gasteiger partial charge in [-0.05, 0) is 6.07 Å². The van der Waals surface area contributed by atoms with Crippen LogP contribution >= 0.6 is 11.3 Å². The lowest BCUT2D eigenvalue weighted by Gasteiger charge is -2.06. The zero-order valence-electron chi connectivity index (χ0n) is 7.10. The van der Waals surface area contributed by atoms with Crippen LogP contribution in [0.25, 0.3) is 10.6 Å². The molecule has 2 rings (SSSR count). The topological polar surface area (TPSA) is 28.7 Å². The molecule has 80 valence electrons. The Hall–Kier alpha value is -1.37. The Labute approximate surface area is 85.6 Å². The fourth-order valence-corrected chi connectivity index (χ4v) is 2.08. The van der Waals surface area contributed by atoms with Gasteiger partial charge in [-0.3, -0.25) is 5.10 Å². The number of thiophene rings is 1. The number of H-pyrrole nitrogens is 1. The number of aromatic nitrogens is 2. The van der Waals surface area contributed by atoms with Gasteiger partial charge in [-0.2, -0.15) is 18.3 Å². The molecule has 7 heteroatoms. The number of nitrogens with one attached hydrogen (secondary N) is 1. The van der Waals surface area contributed by atoms with E-state index in [1.807, 2.05) is 0 Å². The van der Waals surface area contributed by atoms with E-state index in [2.05, 4.69) is 10.2 Å². The molecule has 0 aliphatic heterocycles. The molecular weight excluding hydrogens is 232 g/mol. The van der Waals surface area contributed by atoms with Crippen molar-refractivity contribution in [2.75, 3.05) is 0 Å². The van der Waals surface area contributed by atoms with E-state index in [-0.39, 0.29) is 10.6 Å². The number of nitrogens with zero attached hydrogens (tertiary/aromatic N) is 1. The van der Waals surface area contributed by atoms with Gasteiger partial charge in [0.05, 0.1) is 4.88 Å². The van der Waals surface area contributed by atoms with Gasteiger partial charge in [0.25, 0.3) is 0 Å². The van der Waals surface area contributed by atoms with Gasteiger partial charge in [0.1, 0.15) is 17.1 Å². The molecule has 2 aromatic heterocycles. The SMILES string of the molecule is Fc1csc(-c2cc[nH]n2)c1C(F)(F)F. The lowest BCUT2D eigenvalue weighted by Crippen LogP contribution is -2.07. The molecule has 2 heterocycles. The van der Waals surface area contributed by atoms with Crippen LogP contribution < -0.4 is 0 Å². The summed E-state index contributed by atoms with van der Waals surface area (Å²) in [6, 6.07) is 1.36. The summed E-state index contributed by atoms with van der Waals surface area (Å²) in [6.07, 6.45) is -3.31. The highest BCUT2D eigenvalue weighted by molar-refractivity contribution is 7.13. The molecule has 0 aliphatic rings. The molecule has 0 radical (unpaired) electrons. The fourth-order valence-electron chi connectivity index (χ4n) is 1.18. The summed E-state index contributed by atoms with van der Waals surface area (Å²) in [5.41, 5.74) is -1.16.